The van der Waals surface area contributed by atoms with Gasteiger partial charge in [0.2, 0.25) is 10.0 Å². The van der Waals surface area contributed by atoms with Gasteiger partial charge in [-0.2, -0.15) is 0 Å². The van der Waals surface area contributed by atoms with Crippen LogP contribution in [0.15, 0.2) is 41.3 Å². The van der Waals surface area contributed by atoms with Crippen LogP contribution >= 0.6 is 0 Å². The first kappa shape index (κ1) is 19.7. The van der Waals surface area contributed by atoms with Crippen LogP contribution in [-0.2, 0) is 16.4 Å². The minimum absolute atomic E-state index is 0.320. The van der Waals surface area contributed by atoms with E-state index in [-0.39, 0.29) is 0 Å². The van der Waals surface area contributed by atoms with E-state index in [4.69, 9.17) is 4.74 Å². The van der Waals surface area contributed by atoms with Crippen molar-refractivity contribution in [3.63, 3.8) is 0 Å². The van der Waals surface area contributed by atoms with Gasteiger partial charge in [0.25, 0.3) is 0 Å². The Morgan fingerprint density at radius 3 is 2.63 bits per heavy atom. The zero-order valence-corrected chi connectivity index (χ0v) is 17.3. The number of rotatable bonds is 7. The molecular formula is C21H28N2O3S. The van der Waals surface area contributed by atoms with Gasteiger partial charge < -0.3 is 9.64 Å². The summed E-state index contributed by atoms with van der Waals surface area (Å²) >= 11 is 0. The number of hydrogen-bond acceptors (Lipinski definition) is 4. The van der Waals surface area contributed by atoms with Gasteiger partial charge in [0, 0.05) is 24.8 Å². The maximum Gasteiger partial charge on any atom is 0.240 e. The molecule has 1 aliphatic rings. The van der Waals surface area contributed by atoms with Crippen molar-refractivity contribution in [2.75, 3.05) is 25.1 Å². The van der Waals surface area contributed by atoms with E-state index >= 15 is 0 Å². The number of nitrogens with one attached hydrogen (secondary N) is 1. The number of ether oxygens (including phenoxy) is 1. The van der Waals surface area contributed by atoms with Gasteiger partial charge in [-0.1, -0.05) is 18.2 Å². The molecule has 3 rings (SSSR count). The zero-order chi connectivity index (χ0) is 19.6. The van der Waals surface area contributed by atoms with Crippen molar-refractivity contribution in [3.05, 3.63) is 53.1 Å². The molecule has 0 fully saturated rings. The van der Waals surface area contributed by atoms with Crippen LogP contribution in [-0.4, -0.2) is 34.7 Å². The SMILES string of the molecule is COc1ccc(S(=O)(=O)NCCCN2c3ccccc3CC2C)c(C)c1C. The number of anilines is 1. The first-order chi connectivity index (χ1) is 12.8. The Morgan fingerprint density at radius 2 is 1.89 bits per heavy atom. The van der Waals surface area contributed by atoms with E-state index in [1.54, 1.807) is 19.2 Å². The van der Waals surface area contributed by atoms with E-state index in [1.807, 2.05) is 13.8 Å². The van der Waals surface area contributed by atoms with Gasteiger partial charge >= 0.3 is 0 Å². The third-order valence-electron chi connectivity index (χ3n) is 5.41. The lowest BCUT2D eigenvalue weighted by Crippen LogP contribution is -2.33. The van der Waals surface area contributed by atoms with Crippen molar-refractivity contribution in [3.8, 4) is 5.75 Å². The lowest BCUT2D eigenvalue weighted by atomic mass is 10.1. The van der Waals surface area contributed by atoms with Gasteiger partial charge in [0.05, 0.1) is 12.0 Å². The fraction of sp³-hybridized carbons (Fsp3) is 0.429. The van der Waals surface area contributed by atoms with Gasteiger partial charge in [-0.15, -0.1) is 0 Å². The second-order valence-electron chi connectivity index (χ2n) is 7.14. The summed E-state index contributed by atoms with van der Waals surface area (Å²) in [6, 6.07) is 12.2. The highest BCUT2D eigenvalue weighted by molar-refractivity contribution is 7.89. The van der Waals surface area contributed by atoms with Crippen molar-refractivity contribution in [1.29, 1.82) is 0 Å². The molecule has 0 radical (unpaired) electrons. The molecule has 0 saturated carbocycles. The molecule has 5 nitrogen and oxygen atoms in total. The summed E-state index contributed by atoms with van der Waals surface area (Å²) in [5.41, 5.74) is 4.22. The standard InChI is InChI=1S/C21H28N2O3S/c1-15-14-18-8-5-6-9-19(18)23(15)13-7-12-22-27(24,25)21-11-10-20(26-4)16(2)17(21)3/h5-6,8-11,15,22H,7,12-14H2,1-4H3. The third kappa shape index (κ3) is 3.96. The molecule has 0 bridgehead atoms. The predicted molar refractivity (Wildman–Crippen MR) is 109 cm³/mol. The second kappa shape index (κ2) is 7.90. The molecule has 27 heavy (non-hydrogen) atoms. The van der Waals surface area contributed by atoms with Crippen molar-refractivity contribution < 1.29 is 13.2 Å². The molecule has 2 aromatic rings. The number of benzene rings is 2. The average molecular weight is 389 g/mol. The summed E-state index contributed by atoms with van der Waals surface area (Å²) in [7, 11) is -1.94. The lowest BCUT2D eigenvalue weighted by molar-refractivity contribution is 0.410. The van der Waals surface area contributed by atoms with Crippen molar-refractivity contribution >= 4 is 15.7 Å². The van der Waals surface area contributed by atoms with Gasteiger partial charge in [0.15, 0.2) is 0 Å². The van der Waals surface area contributed by atoms with Crippen LogP contribution < -0.4 is 14.4 Å². The van der Waals surface area contributed by atoms with E-state index in [9.17, 15) is 8.42 Å². The maximum absolute atomic E-state index is 12.7. The highest BCUT2D eigenvalue weighted by atomic mass is 32.2. The molecule has 0 spiro atoms. The van der Waals surface area contributed by atoms with E-state index in [1.165, 1.54) is 11.3 Å². The Kier molecular flexibility index (Phi) is 5.77. The predicted octanol–water partition coefficient (Wildman–Crippen LogP) is 3.43. The van der Waals surface area contributed by atoms with Crippen LogP contribution in [0.25, 0.3) is 0 Å². The van der Waals surface area contributed by atoms with Crippen LogP contribution in [0.5, 0.6) is 5.75 Å². The van der Waals surface area contributed by atoms with Gasteiger partial charge in [-0.25, -0.2) is 13.1 Å². The number of methoxy groups -OCH3 is 1. The van der Waals surface area contributed by atoms with E-state index < -0.39 is 10.0 Å². The van der Waals surface area contributed by atoms with Crippen molar-refractivity contribution in [2.24, 2.45) is 0 Å². The average Bonchev–Trinajstić information content (AvgIpc) is 2.96. The van der Waals surface area contributed by atoms with Crippen LogP contribution in [0.4, 0.5) is 5.69 Å². The molecule has 1 heterocycles. The Hall–Kier alpha value is -2.05. The summed E-state index contributed by atoms with van der Waals surface area (Å²) in [6.07, 6.45) is 1.80. The second-order valence-corrected chi connectivity index (χ2v) is 8.88. The van der Waals surface area contributed by atoms with Gasteiger partial charge in [-0.3, -0.25) is 0 Å². The molecule has 6 heteroatoms. The van der Waals surface area contributed by atoms with Crippen LogP contribution in [0.2, 0.25) is 0 Å². The first-order valence-electron chi connectivity index (χ1n) is 9.33. The molecule has 1 unspecified atom stereocenters. The van der Waals surface area contributed by atoms with Gasteiger partial charge in [-0.05, 0) is 68.5 Å². The number of nitrogens with zero attached hydrogens (tertiary/aromatic N) is 1. The largest absolute Gasteiger partial charge is 0.496 e. The maximum atomic E-state index is 12.7. The minimum atomic E-state index is -3.53. The van der Waals surface area contributed by atoms with Gasteiger partial charge in [0.1, 0.15) is 5.75 Å². The molecule has 0 amide bonds. The Balaban J connectivity index is 1.62. The molecule has 1 aliphatic heterocycles. The van der Waals surface area contributed by atoms with E-state index in [2.05, 4.69) is 40.8 Å². The fourth-order valence-corrected chi connectivity index (χ4v) is 5.16. The number of hydrogen-bond donors (Lipinski definition) is 1. The third-order valence-corrected chi connectivity index (χ3v) is 7.02. The van der Waals surface area contributed by atoms with E-state index in [0.29, 0.717) is 23.2 Å². The summed E-state index contributed by atoms with van der Waals surface area (Å²) in [4.78, 5) is 2.69. The number of fused-ring (bicyclic) bond motifs is 1. The molecule has 2 aromatic carbocycles. The van der Waals surface area contributed by atoms with Crippen LogP contribution in [0.1, 0.15) is 30.0 Å². The molecule has 0 saturated heterocycles. The molecule has 146 valence electrons. The molecular weight excluding hydrogens is 360 g/mol. The molecule has 0 aliphatic carbocycles. The zero-order valence-electron chi connectivity index (χ0n) is 16.5. The van der Waals surface area contributed by atoms with Crippen molar-refractivity contribution in [1.82, 2.24) is 4.72 Å². The quantitative estimate of drug-likeness (QED) is 0.739. The number of para-hydroxylation sites is 1. The monoisotopic (exact) mass is 388 g/mol. The highest BCUT2D eigenvalue weighted by Gasteiger charge is 2.25. The van der Waals surface area contributed by atoms with Crippen LogP contribution in [0, 0.1) is 13.8 Å². The van der Waals surface area contributed by atoms with Crippen LogP contribution in [0.3, 0.4) is 0 Å². The summed E-state index contributed by atoms with van der Waals surface area (Å²) in [5.74, 6) is 0.702. The Morgan fingerprint density at radius 1 is 1.15 bits per heavy atom. The fourth-order valence-electron chi connectivity index (χ4n) is 3.79. The minimum Gasteiger partial charge on any atom is -0.496 e. The highest BCUT2D eigenvalue weighted by Crippen LogP contribution is 2.31. The lowest BCUT2D eigenvalue weighted by Gasteiger charge is -2.25. The smallest absolute Gasteiger partial charge is 0.240 e. The summed E-state index contributed by atoms with van der Waals surface area (Å²) in [5, 5.41) is 0. The van der Waals surface area contributed by atoms with E-state index in [0.717, 1.165) is 30.5 Å². The normalized spacial score (nSPS) is 16.4. The first-order valence-corrected chi connectivity index (χ1v) is 10.8. The molecule has 1 N–H and O–H groups in total. The molecule has 0 aromatic heterocycles. The summed E-state index contributed by atoms with van der Waals surface area (Å²) < 4.78 is 33.4. The topological polar surface area (TPSA) is 58.6 Å². The Labute approximate surface area is 162 Å². The molecule has 1 atom stereocenters. The number of sulfonamides is 1. The summed E-state index contributed by atoms with van der Waals surface area (Å²) in [6.45, 7) is 7.15. The Bertz CT molecular complexity index is 925. The van der Waals surface area contributed by atoms with Crippen molar-refractivity contribution in [2.45, 2.75) is 44.6 Å².